The maximum Gasteiger partial charge on any atom is 0.343 e. The van der Waals surface area contributed by atoms with E-state index in [2.05, 4.69) is 4.74 Å². The Morgan fingerprint density at radius 1 is 1.17 bits per heavy atom. The summed E-state index contributed by atoms with van der Waals surface area (Å²) in [4.78, 5) is 48.8. The Hall–Kier alpha value is -2.65. The van der Waals surface area contributed by atoms with Crippen LogP contribution in [0.25, 0.3) is 0 Å². The molecule has 162 valence electrons. The molecule has 0 aliphatic heterocycles. The van der Waals surface area contributed by atoms with E-state index in [1.807, 2.05) is 0 Å². The molecule has 0 atom stereocenters. The topological polar surface area (TPSA) is 110 Å². The number of nitrogens with zero attached hydrogens (tertiary/aromatic N) is 1. The fourth-order valence-corrected chi connectivity index (χ4v) is 3.25. The molecular weight excluding hydrogens is 444 g/mol. The van der Waals surface area contributed by atoms with E-state index in [-0.39, 0.29) is 34.8 Å². The minimum absolute atomic E-state index is 0.0985. The first-order valence-corrected chi connectivity index (χ1v) is 9.69. The summed E-state index contributed by atoms with van der Waals surface area (Å²) in [6.45, 7) is -0.549. The number of anilines is 1. The summed E-state index contributed by atoms with van der Waals surface area (Å²) in [7, 11) is 1.14. The Morgan fingerprint density at radius 3 is 2.37 bits per heavy atom. The molecule has 1 aromatic carbocycles. The average Bonchev–Trinajstić information content (AvgIpc) is 2.73. The highest BCUT2D eigenvalue weighted by Crippen LogP contribution is 2.35. The first kappa shape index (κ1) is 23.6. The number of carbonyl (C=O) groups is 4. The molecule has 11 heteroatoms. The minimum atomic E-state index is -1.28. The third-order valence-corrected chi connectivity index (χ3v) is 4.89. The molecular formula is C19H18Cl2FNO7. The summed E-state index contributed by atoms with van der Waals surface area (Å²) in [6, 6.07) is 1.77. The zero-order valence-electron chi connectivity index (χ0n) is 15.9. The second-order valence-corrected chi connectivity index (χ2v) is 6.91. The lowest BCUT2D eigenvalue weighted by molar-refractivity contribution is -0.143. The van der Waals surface area contributed by atoms with Crippen LogP contribution in [0, 0.1) is 5.82 Å². The van der Waals surface area contributed by atoms with E-state index in [1.165, 1.54) is 0 Å². The number of benzene rings is 1. The molecule has 0 fully saturated rings. The zero-order chi connectivity index (χ0) is 22.4. The van der Waals surface area contributed by atoms with Gasteiger partial charge in [-0.25, -0.2) is 18.9 Å². The van der Waals surface area contributed by atoms with E-state index in [4.69, 9.17) is 27.9 Å². The summed E-state index contributed by atoms with van der Waals surface area (Å²) in [6.07, 6.45) is 1.38. The fraction of sp³-hybridized carbons (Fsp3) is 0.368. The summed E-state index contributed by atoms with van der Waals surface area (Å²) in [5.74, 6) is -5.86. The fourth-order valence-electron chi connectivity index (χ4n) is 2.93. The molecule has 0 bridgehead atoms. The van der Waals surface area contributed by atoms with Crippen LogP contribution in [0.1, 0.15) is 25.7 Å². The molecule has 0 heterocycles. The average molecular weight is 462 g/mol. The number of hydrogen-bond acceptors (Lipinski definition) is 6. The normalized spacial score (nSPS) is 13.6. The summed E-state index contributed by atoms with van der Waals surface area (Å²) < 4.78 is 24.3. The third kappa shape index (κ3) is 5.28. The van der Waals surface area contributed by atoms with Crippen molar-refractivity contribution >= 4 is 52.6 Å². The lowest BCUT2D eigenvalue weighted by Crippen LogP contribution is -2.40. The van der Waals surface area contributed by atoms with Crippen molar-refractivity contribution in [3.63, 3.8) is 0 Å². The highest BCUT2D eigenvalue weighted by atomic mass is 35.5. The number of carboxylic acid groups (broad SMARTS) is 1. The summed E-state index contributed by atoms with van der Waals surface area (Å²) in [5, 5.41) is 9.18. The Morgan fingerprint density at radius 2 is 1.80 bits per heavy atom. The predicted octanol–water partition coefficient (Wildman–Crippen LogP) is 3.08. The van der Waals surface area contributed by atoms with Gasteiger partial charge in [-0.1, -0.05) is 11.6 Å². The van der Waals surface area contributed by atoms with E-state index in [9.17, 15) is 28.7 Å². The molecule has 0 saturated carbocycles. The number of alkyl halides is 1. The standard InChI is InChI=1S/C19H18Cl2FNO7/c1-29-17(25)9-30-15-7-14(13(22)6-12(15)21)23(16(24)8-20)18(26)10-4-2-3-5-11(10)19(27)28/h6-7H,2-5,8-9H2,1H3,(H,27,28). The van der Waals surface area contributed by atoms with E-state index < -0.39 is 47.7 Å². The first-order valence-electron chi connectivity index (χ1n) is 8.78. The molecule has 8 nitrogen and oxygen atoms in total. The van der Waals surface area contributed by atoms with E-state index in [1.54, 1.807) is 0 Å². The van der Waals surface area contributed by atoms with Gasteiger partial charge in [0.25, 0.3) is 5.91 Å². The molecule has 1 aromatic rings. The van der Waals surface area contributed by atoms with Gasteiger partial charge < -0.3 is 14.6 Å². The number of aliphatic carboxylic acids is 1. The van der Waals surface area contributed by atoms with Crippen molar-refractivity contribution in [1.29, 1.82) is 0 Å². The molecule has 0 radical (unpaired) electrons. The third-order valence-electron chi connectivity index (χ3n) is 4.37. The Kier molecular flexibility index (Phi) is 8.19. The number of hydrogen-bond donors (Lipinski definition) is 1. The van der Waals surface area contributed by atoms with Gasteiger partial charge in [0.1, 0.15) is 17.4 Å². The smallest absolute Gasteiger partial charge is 0.343 e. The van der Waals surface area contributed by atoms with Gasteiger partial charge in [-0.3, -0.25) is 9.59 Å². The lowest BCUT2D eigenvalue weighted by Gasteiger charge is -2.25. The molecule has 1 aliphatic carbocycles. The lowest BCUT2D eigenvalue weighted by atomic mass is 9.90. The zero-order valence-corrected chi connectivity index (χ0v) is 17.4. The van der Waals surface area contributed by atoms with Gasteiger partial charge in [0, 0.05) is 17.2 Å². The monoisotopic (exact) mass is 461 g/mol. The Labute approximate surface area is 181 Å². The highest BCUT2D eigenvalue weighted by molar-refractivity contribution is 6.35. The largest absolute Gasteiger partial charge is 0.480 e. The molecule has 0 aromatic heterocycles. The first-order chi connectivity index (χ1) is 14.2. The van der Waals surface area contributed by atoms with Crippen LogP contribution in [0.15, 0.2) is 23.3 Å². The number of carbonyl (C=O) groups excluding carboxylic acids is 3. The van der Waals surface area contributed by atoms with Gasteiger partial charge in [0.2, 0.25) is 5.91 Å². The van der Waals surface area contributed by atoms with Crippen LogP contribution in [-0.4, -0.2) is 48.5 Å². The predicted molar refractivity (Wildman–Crippen MR) is 105 cm³/mol. The van der Waals surface area contributed by atoms with Crippen LogP contribution in [-0.2, 0) is 23.9 Å². The second kappa shape index (κ2) is 10.4. The number of methoxy groups -OCH3 is 1. The number of imide groups is 1. The number of carboxylic acids is 1. The van der Waals surface area contributed by atoms with Gasteiger partial charge in [-0.2, -0.15) is 0 Å². The van der Waals surface area contributed by atoms with Crippen molar-refractivity contribution in [1.82, 2.24) is 0 Å². The molecule has 0 spiro atoms. The van der Waals surface area contributed by atoms with Crippen LogP contribution in [0.5, 0.6) is 5.75 Å². The van der Waals surface area contributed by atoms with Crippen molar-refractivity contribution in [2.45, 2.75) is 25.7 Å². The van der Waals surface area contributed by atoms with Gasteiger partial charge in [-0.15, -0.1) is 11.6 Å². The Balaban J connectivity index is 2.54. The quantitative estimate of drug-likeness (QED) is 0.490. The van der Waals surface area contributed by atoms with Crippen molar-refractivity contribution < 1.29 is 38.1 Å². The maximum atomic E-state index is 14.7. The minimum Gasteiger partial charge on any atom is -0.480 e. The number of halogens is 3. The number of rotatable bonds is 7. The van der Waals surface area contributed by atoms with Gasteiger partial charge in [0.05, 0.1) is 17.8 Å². The molecule has 2 rings (SSSR count). The Bertz CT molecular complexity index is 916. The van der Waals surface area contributed by atoms with Crippen LogP contribution in [0.4, 0.5) is 10.1 Å². The van der Waals surface area contributed by atoms with Crippen molar-refractivity contribution in [2.75, 3.05) is 24.5 Å². The van der Waals surface area contributed by atoms with Crippen molar-refractivity contribution in [2.24, 2.45) is 0 Å². The van der Waals surface area contributed by atoms with Gasteiger partial charge in [-0.05, 0) is 31.7 Å². The number of ether oxygens (including phenoxy) is 2. The van der Waals surface area contributed by atoms with E-state index in [0.717, 1.165) is 19.2 Å². The van der Waals surface area contributed by atoms with Crippen molar-refractivity contribution in [3.05, 3.63) is 34.1 Å². The number of amides is 2. The van der Waals surface area contributed by atoms with Gasteiger partial charge >= 0.3 is 11.9 Å². The summed E-state index contributed by atoms with van der Waals surface area (Å²) >= 11 is 11.5. The number of esters is 1. The second-order valence-electron chi connectivity index (χ2n) is 6.24. The molecule has 0 saturated heterocycles. The van der Waals surface area contributed by atoms with Crippen LogP contribution >= 0.6 is 23.2 Å². The van der Waals surface area contributed by atoms with Crippen LogP contribution < -0.4 is 9.64 Å². The van der Waals surface area contributed by atoms with Gasteiger partial charge in [0.15, 0.2) is 6.61 Å². The SMILES string of the molecule is COC(=O)COc1cc(N(C(=O)CCl)C(=O)C2=C(C(=O)O)CCCC2)c(F)cc1Cl. The van der Waals surface area contributed by atoms with E-state index >= 15 is 0 Å². The summed E-state index contributed by atoms with van der Waals surface area (Å²) in [5.41, 5.74) is -0.758. The molecule has 1 N–H and O–H groups in total. The van der Waals surface area contributed by atoms with Crippen LogP contribution in [0.3, 0.4) is 0 Å². The van der Waals surface area contributed by atoms with Crippen molar-refractivity contribution in [3.8, 4) is 5.75 Å². The molecule has 0 unspecified atom stereocenters. The maximum absolute atomic E-state index is 14.7. The highest BCUT2D eigenvalue weighted by Gasteiger charge is 2.33. The van der Waals surface area contributed by atoms with E-state index in [0.29, 0.717) is 17.7 Å². The molecule has 2 amide bonds. The molecule has 1 aliphatic rings. The molecule has 30 heavy (non-hydrogen) atoms. The van der Waals surface area contributed by atoms with Crippen LogP contribution in [0.2, 0.25) is 5.02 Å².